The van der Waals surface area contributed by atoms with Crippen molar-refractivity contribution in [1.29, 1.82) is 0 Å². The number of rotatable bonds is 11. The smallest absolute Gasteiger partial charge is 0.286 e. The molecule has 2 atom stereocenters. The predicted molar refractivity (Wildman–Crippen MR) is 128 cm³/mol. The highest BCUT2D eigenvalue weighted by Crippen LogP contribution is 2.23. The molecule has 0 radical (unpaired) electrons. The van der Waals surface area contributed by atoms with Gasteiger partial charge in [-0.1, -0.05) is 57.0 Å². The minimum Gasteiger partial charge on any atom is -0.356 e. The van der Waals surface area contributed by atoms with Crippen LogP contribution in [0.2, 0.25) is 0 Å². The van der Waals surface area contributed by atoms with E-state index in [9.17, 15) is 25.9 Å². The molecule has 2 rings (SSSR count). The zero-order valence-electron chi connectivity index (χ0n) is 18.6. The highest BCUT2D eigenvalue weighted by atomic mass is 32.2. The Balaban J connectivity index is 2.06. The molecule has 0 bridgehead atoms. The lowest BCUT2D eigenvalue weighted by Gasteiger charge is -2.29. The molecule has 1 aliphatic rings. The van der Waals surface area contributed by atoms with Crippen LogP contribution in [0.1, 0.15) is 45.1 Å². The van der Waals surface area contributed by atoms with Gasteiger partial charge in [0.1, 0.15) is 0 Å². The van der Waals surface area contributed by atoms with Gasteiger partial charge in [0.25, 0.3) is 20.2 Å². The van der Waals surface area contributed by atoms with Crippen LogP contribution in [-0.2, 0) is 20.2 Å². The molecule has 0 aromatic heterocycles. The van der Waals surface area contributed by atoms with Gasteiger partial charge in [0.05, 0.1) is 0 Å². The summed E-state index contributed by atoms with van der Waals surface area (Å²) in [5.74, 6) is 0. The fraction of sp³-hybridized carbons (Fsp3) is 0.455. The Bertz CT molecular complexity index is 1060. The van der Waals surface area contributed by atoms with E-state index in [1.54, 1.807) is 41.3 Å². The van der Waals surface area contributed by atoms with Crippen molar-refractivity contribution in [1.82, 2.24) is 4.90 Å². The molecule has 0 saturated heterocycles. The first kappa shape index (κ1) is 26.1. The number of anilines is 1. The summed E-state index contributed by atoms with van der Waals surface area (Å²) in [5, 5.41) is -1.94. The third kappa shape index (κ3) is 7.19. The van der Waals surface area contributed by atoms with Gasteiger partial charge in [0.15, 0.2) is 10.7 Å². The van der Waals surface area contributed by atoms with Gasteiger partial charge in [0, 0.05) is 25.5 Å². The van der Waals surface area contributed by atoms with Crippen LogP contribution in [0.25, 0.3) is 6.08 Å². The number of benzene rings is 1. The van der Waals surface area contributed by atoms with E-state index < -0.39 is 31.0 Å². The molecule has 0 spiro atoms. The number of hydrogen-bond acceptors (Lipinski definition) is 6. The van der Waals surface area contributed by atoms with Crippen LogP contribution in [0.5, 0.6) is 0 Å². The van der Waals surface area contributed by atoms with Crippen molar-refractivity contribution in [3.05, 3.63) is 59.8 Å². The molecule has 0 amide bonds. The van der Waals surface area contributed by atoms with E-state index in [1.807, 2.05) is 44.2 Å². The second-order valence-corrected chi connectivity index (χ2v) is 10.9. The molecular weight excluding hydrogens is 452 g/mol. The maximum atomic E-state index is 11.7. The Labute approximate surface area is 191 Å². The van der Waals surface area contributed by atoms with Crippen LogP contribution >= 0.6 is 0 Å². The molecule has 1 heterocycles. The second kappa shape index (κ2) is 11.1. The monoisotopic (exact) mass is 484 g/mol. The summed E-state index contributed by atoms with van der Waals surface area (Å²) in [5.41, 5.74) is 2.49. The molecule has 178 valence electrons. The zero-order chi connectivity index (χ0) is 23.9. The van der Waals surface area contributed by atoms with Gasteiger partial charge in [-0.2, -0.15) is 16.8 Å². The molecule has 1 aromatic rings. The van der Waals surface area contributed by atoms with Crippen LogP contribution in [0, 0.1) is 0 Å². The third-order valence-electron chi connectivity index (χ3n) is 5.33. The molecule has 8 nitrogen and oxygen atoms in total. The molecule has 2 unspecified atom stereocenters. The van der Waals surface area contributed by atoms with Crippen molar-refractivity contribution in [3.8, 4) is 0 Å². The van der Waals surface area contributed by atoms with Crippen molar-refractivity contribution in [2.75, 3.05) is 18.5 Å². The topological polar surface area (TPSA) is 115 Å². The van der Waals surface area contributed by atoms with Gasteiger partial charge in [-0.15, -0.1) is 0 Å². The Kier molecular flexibility index (Phi) is 9.08. The summed E-state index contributed by atoms with van der Waals surface area (Å²) in [6, 6.07) is 7.29. The Morgan fingerprint density at radius 1 is 1.00 bits per heavy atom. The first-order chi connectivity index (χ1) is 15.0. The van der Waals surface area contributed by atoms with E-state index >= 15 is 0 Å². The first-order valence-electron chi connectivity index (χ1n) is 10.5. The fourth-order valence-electron chi connectivity index (χ4n) is 3.56. The van der Waals surface area contributed by atoms with Crippen molar-refractivity contribution in [3.63, 3.8) is 0 Å². The fourth-order valence-corrected chi connectivity index (χ4v) is 5.65. The highest BCUT2D eigenvalue weighted by Gasteiger charge is 2.28. The standard InChI is InChI=1S/C22H32N2O6S2/c1-4-6-21(31(25,26)27)23(3)20-12-10-18(11-13-20)8-9-19-14-16-24(17-15-19)22(7-5-2)32(28,29)30/h8-16,21-22H,4-7,17H2,1-3H3,(H,25,26,27)(H,28,29,30)/b9-8+. The molecule has 0 fully saturated rings. The van der Waals surface area contributed by atoms with E-state index in [1.165, 1.54) is 0 Å². The van der Waals surface area contributed by atoms with Crippen molar-refractivity contribution in [2.45, 2.75) is 50.3 Å². The Morgan fingerprint density at radius 3 is 2.09 bits per heavy atom. The van der Waals surface area contributed by atoms with E-state index in [0.29, 0.717) is 37.9 Å². The number of allylic oxidation sites excluding steroid dienone is 3. The summed E-state index contributed by atoms with van der Waals surface area (Å²) in [4.78, 5) is 3.15. The van der Waals surface area contributed by atoms with E-state index in [2.05, 4.69) is 0 Å². The van der Waals surface area contributed by atoms with Crippen molar-refractivity contribution >= 4 is 32.0 Å². The molecule has 2 N–H and O–H groups in total. The minimum absolute atomic E-state index is 0.325. The highest BCUT2D eigenvalue weighted by molar-refractivity contribution is 7.86. The Hall–Kier alpha value is -2.14. The SMILES string of the molecule is CCCC(N1C=CC(/C=C/c2ccc(N(C)C(CCC)S(=O)(=O)O)cc2)=CC1)S(=O)(=O)O. The molecule has 10 heteroatoms. The second-order valence-electron chi connectivity index (χ2n) is 7.77. The van der Waals surface area contributed by atoms with E-state index in [4.69, 9.17) is 0 Å². The molecule has 0 aliphatic carbocycles. The maximum absolute atomic E-state index is 11.7. The largest absolute Gasteiger partial charge is 0.356 e. The lowest BCUT2D eigenvalue weighted by Crippen LogP contribution is -2.38. The molecular formula is C22H32N2O6S2. The van der Waals surface area contributed by atoms with Crippen LogP contribution in [-0.4, -0.2) is 55.2 Å². The number of hydrogen-bond donors (Lipinski definition) is 2. The summed E-state index contributed by atoms with van der Waals surface area (Å²) >= 11 is 0. The van der Waals surface area contributed by atoms with Gasteiger partial charge >= 0.3 is 0 Å². The van der Waals surface area contributed by atoms with Crippen molar-refractivity contribution < 1.29 is 25.9 Å². The molecule has 0 saturated carbocycles. The average molecular weight is 485 g/mol. The summed E-state index contributed by atoms with van der Waals surface area (Å²) in [6.07, 6.45) is 11.1. The van der Waals surface area contributed by atoms with Gasteiger partial charge in [-0.25, -0.2) is 0 Å². The molecule has 32 heavy (non-hydrogen) atoms. The van der Waals surface area contributed by atoms with Crippen LogP contribution in [0.4, 0.5) is 5.69 Å². The van der Waals surface area contributed by atoms with Gasteiger partial charge < -0.3 is 9.80 Å². The number of nitrogens with zero attached hydrogens (tertiary/aromatic N) is 2. The summed E-state index contributed by atoms with van der Waals surface area (Å²) < 4.78 is 65.6. The van der Waals surface area contributed by atoms with Gasteiger partial charge in [-0.3, -0.25) is 9.11 Å². The quantitative estimate of drug-likeness (QED) is 0.454. The maximum Gasteiger partial charge on any atom is 0.286 e. The van der Waals surface area contributed by atoms with Crippen LogP contribution in [0.15, 0.2) is 54.3 Å². The first-order valence-corrected chi connectivity index (χ1v) is 13.6. The van der Waals surface area contributed by atoms with Gasteiger partial charge in [0.2, 0.25) is 0 Å². The minimum atomic E-state index is -4.19. The summed E-state index contributed by atoms with van der Waals surface area (Å²) in [7, 11) is -6.71. The summed E-state index contributed by atoms with van der Waals surface area (Å²) in [6.45, 7) is 4.10. The normalized spacial score (nSPS) is 16.8. The predicted octanol–water partition coefficient (Wildman–Crippen LogP) is 3.92. The average Bonchev–Trinajstić information content (AvgIpc) is 2.73. The van der Waals surface area contributed by atoms with Crippen LogP contribution in [0.3, 0.4) is 0 Å². The zero-order valence-corrected chi connectivity index (χ0v) is 20.3. The van der Waals surface area contributed by atoms with Gasteiger partial charge in [-0.05, 0) is 42.2 Å². The molecule has 1 aromatic carbocycles. The third-order valence-corrected chi connectivity index (χ3v) is 7.76. The molecule has 1 aliphatic heterocycles. The lowest BCUT2D eigenvalue weighted by molar-refractivity contribution is 0.325. The van der Waals surface area contributed by atoms with E-state index in [-0.39, 0.29) is 0 Å². The lowest BCUT2D eigenvalue weighted by atomic mass is 10.1. The van der Waals surface area contributed by atoms with E-state index in [0.717, 1.165) is 11.1 Å². The van der Waals surface area contributed by atoms with Crippen LogP contribution < -0.4 is 4.90 Å². The van der Waals surface area contributed by atoms with Crippen molar-refractivity contribution in [2.24, 2.45) is 0 Å². The Morgan fingerprint density at radius 2 is 1.62 bits per heavy atom.